The summed E-state index contributed by atoms with van der Waals surface area (Å²) in [6.07, 6.45) is 1.90. The highest BCUT2D eigenvalue weighted by atomic mass is 79.9. The van der Waals surface area contributed by atoms with Crippen molar-refractivity contribution in [2.45, 2.75) is 18.4 Å². The van der Waals surface area contributed by atoms with Crippen LogP contribution < -0.4 is 5.32 Å². The minimum atomic E-state index is -1.46. The Balaban J connectivity index is 2.13. The van der Waals surface area contributed by atoms with Crippen molar-refractivity contribution in [2.75, 3.05) is 18.5 Å². The lowest BCUT2D eigenvalue weighted by atomic mass is 9.93. The highest BCUT2D eigenvalue weighted by Crippen LogP contribution is 2.31. The summed E-state index contributed by atoms with van der Waals surface area (Å²) in [6, 6.07) is 1.55. The summed E-state index contributed by atoms with van der Waals surface area (Å²) in [7, 11) is 0. The lowest BCUT2D eigenvalue weighted by Crippen LogP contribution is -2.47. The summed E-state index contributed by atoms with van der Waals surface area (Å²) in [5.74, 6) is -0.720. The molecule has 2 heterocycles. The quantitative estimate of drug-likeness (QED) is 0.758. The Morgan fingerprint density at radius 2 is 2.17 bits per heavy atom. The van der Waals surface area contributed by atoms with E-state index >= 15 is 0 Å². The van der Waals surface area contributed by atoms with Crippen LogP contribution in [0.25, 0.3) is 0 Å². The van der Waals surface area contributed by atoms with Gasteiger partial charge in [0.2, 0.25) is 0 Å². The zero-order valence-electron chi connectivity index (χ0n) is 9.52. The summed E-state index contributed by atoms with van der Waals surface area (Å²) in [5, 5.41) is 22.3. The van der Waals surface area contributed by atoms with E-state index in [1.54, 1.807) is 6.07 Å². The normalized spacial score (nSPS) is 18.3. The molecule has 1 aliphatic heterocycles. The number of ether oxygens (including phenoxy) is 1. The Hall–Kier alpha value is -1.18. The summed E-state index contributed by atoms with van der Waals surface area (Å²) in [5.41, 5.74) is -1.46. The van der Waals surface area contributed by atoms with Gasteiger partial charge in [-0.25, -0.2) is 4.98 Å². The summed E-state index contributed by atoms with van der Waals surface area (Å²) >= 11 is 3.12. The van der Waals surface area contributed by atoms with Gasteiger partial charge in [-0.05, 0) is 22.0 Å². The van der Waals surface area contributed by atoms with E-state index in [-0.39, 0.29) is 24.4 Å². The first-order valence-corrected chi connectivity index (χ1v) is 6.27. The topological polar surface area (TPSA) is 91.7 Å². The zero-order chi connectivity index (χ0) is 13.2. The third-order valence-corrected chi connectivity index (χ3v) is 3.49. The standard InChI is InChI=1S/C11H13BrN2O4/c12-7-1-4-13-9(8(7)15)14-10(16)11(17)2-5-18-6-3-11/h1,4,15,17H,2-3,5-6H2,(H,13,14,16). The van der Waals surface area contributed by atoms with Gasteiger partial charge in [-0.15, -0.1) is 0 Å². The first-order valence-electron chi connectivity index (χ1n) is 5.48. The van der Waals surface area contributed by atoms with Crippen LogP contribution in [0.2, 0.25) is 0 Å². The van der Waals surface area contributed by atoms with Gasteiger partial charge >= 0.3 is 0 Å². The second-order valence-corrected chi connectivity index (χ2v) is 4.94. The number of anilines is 1. The second-order valence-electron chi connectivity index (χ2n) is 4.09. The van der Waals surface area contributed by atoms with Crippen LogP contribution >= 0.6 is 15.9 Å². The lowest BCUT2D eigenvalue weighted by Gasteiger charge is -2.30. The van der Waals surface area contributed by atoms with Crippen molar-refractivity contribution in [3.63, 3.8) is 0 Å². The minimum Gasteiger partial charge on any atom is -0.503 e. The maximum absolute atomic E-state index is 12.0. The predicted molar refractivity (Wildman–Crippen MR) is 67.2 cm³/mol. The van der Waals surface area contributed by atoms with Gasteiger partial charge in [0.15, 0.2) is 11.6 Å². The number of aromatic hydroxyl groups is 1. The van der Waals surface area contributed by atoms with Crippen molar-refractivity contribution in [2.24, 2.45) is 0 Å². The molecule has 1 amide bonds. The molecule has 1 fully saturated rings. The molecule has 7 heteroatoms. The predicted octanol–water partition coefficient (Wildman–Crippen LogP) is 1.03. The molecule has 0 unspecified atom stereocenters. The number of halogens is 1. The van der Waals surface area contributed by atoms with Crippen molar-refractivity contribution in [3.05, 3.63) is 16.7 Å². The van der Waals surface area contributed by atoms with Gasteiger partial charge in [-0.2, -0.15) is 0 Å². The van der Waals surface area contributed by atoms with Crippen molar-refractivity contribution in [1.82, 2.24) is 4.98 Å². The fourth-order valence-electron chi connectivity index (χ4n) is 1.68. The van der Waals surface area contributed by atoms with Crippen LogP contribution in [0.4, 0.5) is 5.82 Å². The maximum atomic E-state index is 12.0. The molecule has 18 heavy (non-hydrogen) atoms. The molecular weight excluding hydrogens is 304 g/mol. The largest absolute Gasteiger partial charge is 0.503 e. The molecule has 1 aromatic heterocycles. The van der Waals surface area contributed by atoms with E-state index < -0.39 is 11.5 Å². The number of nitrogens with one attached hydrogen (secondary N) is 1. The number of hydrogen-bond donors (Lipinski definition) is 3. The molecule has 0 aromatic carbocycles. The van der Waals surface area contributed by atoms with Crippen LogP contribution in [0.1, 0.15) is 12.8 Å². The van der Waals surface area contributed by atoms with E-state index in [0.717, 1.165) is 0 Å². The van der Waals surface area contributed by atoms with Gasteiger partial charge in [-0.1, -0.05) is 0 Å². The Kier molecular flexibility index (Phi) is 3.84. The zero-order valence-corrected chi connectivity index (χ0v) is 11.1. The van der Waals surface area contributed by atoms with Crippen LogP contribution in [-0.4, -0.2) is 39.9 Å². The fourth-order valence-corrected chi connectivity index (χ4v) is 1.99. The molecule has 2 rings (SSSR count). The molecule has 1 aromatic rings. The van der Waals surface area contributed by atoms with E-state index in [1.165, 1.54) is 6.20 Å². The van der Waals surface area contributed by atoms with Crippen molar-refractivity contribution in [1.29, 1.82) is 0 Å². The lowest BCUT2D eigenvalue weighted by molar-refractivity contribution is -0.143. The number of rotatable bonds is 2. The van der Waals surface area contributed by atoms with Gasteiger partial charge in [0.05, 0.1) is 4.47 Å². The van der Waals surface area contributed by atoms with Crippen LogP contribution in [0.3, 0.4) is 0 Å². The smallest absolute Gasteiger partial charge is 0.257 e. The molecule has 0 saturated carbocycles. The average Bonchev–Trinajstić information content (AvgIpc) is 2.36. The Labute approximate surface area is 112 Å². The van der Waals surface area contributed by atoms with Gasteiger partial charge in [-0.3, -0.25) is 4.79 Å². The average molecular weight is 317 g/mol. The molecule has 0 bridgehead atoms. The Morgan fingerprint density at radius 3 is 2.83 bits per heavy atom. The van der Waals surface area contributed by atoms with Crippen molar-refractivity contribution < 1.29 is 19.7 Å². The Morgan fingerprint density at radius 1 is 1.50 bits per heavy atom. The molecular formula is C11H13BrN2O4. The monoisotopic (exact) mass is 316 g/mol. The fraction of sp³-hybridized carbons (Fsp3) is 0.455. The molecule has 0 spiro atoms. The number of aromatic nitrogens is 1. The van der Waals surface area contributed by atoms with E-state index in [1.807, 2.05) is 0 Å². The summed E-state index contributed by atoms with van der Waals surface area (Å²) in [4.78, 5) is 15.8. The molecule has 0 aliphatic carbocycles. The first kappa shape index (κ1) is 13.3. The first-order chi connectivity index (χ1) is 8.53. The van der Waals surface area contributed by atoms with Gasteiger partial charge in [0.1, 0.15) is 5.60 Å². The molecule has 1 aliphatic rings. The van der Waals surface area contributed by atoms with E-state index in [4.69, 9.17) is 4.74 Å². The highest BCUT2D eigenvalue weighted by Gasteiger charge is 2.38. The van der Waals surface area contributed by atoms with E-state index in [9.17, 15) is 15.0 Å². The molecule has 3 N–H and O–H groups in total. The van der Waals surface area contributed by atoms with Gasteiger partial charge in [0.25, 0.3) is 5.91 Å². The molecule has 98 valence electrons. The second kappa shape index (κ2) is 5.21. The SMILES string of the molecule is O=C(Nc1nccc(Br)c1O)C1(O)CCOCC1. The number of carbonyl (C=O) groups is 1. The number of hydrogen-bond acceptors (Lipinski definition) is 5. The third-order valence-electron chi connectivity index (χ3n) is 2.85. The van der Waals surface area contributed by atoms with Gasteiger partial charge < -0.3 is 20.3 Å². The highest BCUT2D eigenvalue weighted by molar-refractivity contribution is 9.10. The van der Waals surface area contributed by atoms with E-state index in [2.05, 4.69) is 26.2 Å². The number of amides is 1. The van der Waals surface area contributed by atoms with Crippen LogP contribution in [-0.2, 0) is 9.53 Å². The number of aliphatic hydroxyl groups is 1. The molecule has 0 atom stereocenters. The summed E-state index contributed by atoms with van der Waals surface area (Å²) in [6.45, 7) is 0.670. The maximum Gasteiger partial charge on any atom is 0.257 e. The molecule has 0 radical (unpaired) electrons. The molecule has 1 saturated heterocycles. The van der Waals surface area contributed by atoms with Crippen LogP contribution in [0.15, 0.2) is 16.7 Å². The number of carbonyl (C=O) groups excluding carboxylic acids is 1. The molecule has 6 nitrogen and oxygen atoms in total. The number of nitrogens with zero attached hydrogens (tertiary/aromatic N) is 1. The van der Waals surface area contributed by atoms with Crippen molar-refractivity contribution >= 4 is 27.7 Å². The third kappa shape index (κ3) is 2.63. The van der Waals surface area contributed by atoms with E-state index in [0.29, 0.717) is 17.7 Å². The van der Waals surface area contributed by atoms with Crippen LogP contribution in [0.5, 0.6) is 5.75 Å². The van der Waals surface area contributed by atoms with Crippen LogP contribution in [0, 0.1) is 0 Å². The minimum absolute atomic E-state index is 0.0225. The summed E-state index contributed by atoms with van der Waals surface area (Å²) < 4.78 is 5.52. The Bertz CT molecular complexity index is 460. The van der Waals surface area contributed by atoms with Gasteiger partial charge in [0, 0.05) is 32.3 Å². The van der Waals surface area contributed by atoms with Crippen molar-refractivity contribution in [3.8, 4) is 5.75 Å². The number of pyridine rings is 1.